The molecule has 1 aliphatic carbocycles. The Morgan fingerprint density at radius 3 is 2.87 bits per heavy atom. The molecule has 3 nitrogen and oxygen atoms in total. The summed E-state index contributed by atoms with van der Waals surface area (Å²) in [5.41, 5.74) is 1.37. The van der Waals surface area contributed by atoms with E-state index in [-0.39, 0.29) is 0 Å². The lowest BCUT2D eigenvalue weighted by Crippen LogP contribution is -2.15. The fourth-order valence-electron chi connectivity index (χ4n) is 1.93. The molecule has 0 radical (unpaired) electrons. The van der Waals surface area contributed by atoms with Gasteiger partial charge >= 0.3 is 0 Å². The summed E-state index contributed by atoms with van der Waals surface area (Å²) < 4.78 is 0. The zero-order valence-electron chi connectivity index (χ0n) is 8.33. The minimum absolute atomic E-state index is 0.425. The number of anilines is 1. The van der Waals surface area contributed by atoms with Crippen LogP contribution in [0.1, 0.15) is 31.2 Å². The summed E-state index contributed by atoms with van der Waals surface area (Å²) in [4.78, 5) is 3.89. The Hall–Kier alpha value is -1.27. The molecule has 78 valence electrons. The zero-order valence-corrected chi connectivity index (χ0v) is 9.09. The van der Waals surface area contributed by atoms with Crippen LogP contribution >= 0.6 is 11.6 Å². The predicted molar refractivity (Wildman–Crippen MR) is 59.8 cm³/mol. The maximum atomic E-state index is 8.91. The second-order valence-corrected chi connectivity index (χ2v) is 4.18. The number of nitriles is 1. The third-order valence-corrected chi connectivity index (χ3v) is 2.91. The van der Waals surface area contributed by atoms with Gasteiger partial charge in [0.1, 0.15) is 11.2 Å². The van der Waals surface area contributed by atoms with E-state index in [0.717, 1.165) is 5.69 Å². The van der Waals surface area contributed by atoms with Gasteiger partial charge in [-0.1, -0.05) is 24.4 Å². The Morgan fingerprint density at radius 2 is 2.20 bits per heavy atom. The Kier molecular flexibility index (Phi) is 3.08. The summed E-state index contributed by atoms with van der Waals surface area (Å²) >= 11 is 5.80. The lowest BCUT2D eigenvalue weighted by Gasteiger charge is -2.14. The highest BCUT2D eigenvalue weighted by atomic mass is 35.5. The van der Waals surface area contributed by atoms with Gasteiger partial charge in [0.25, 0.3) is 0 Å². The van der Waals surface area contributed by atoms with Crippen molar-refractivity contribution in [1.82, 2.24) is 4.98 Å². The molecule has 0 aliphatic heterocycles. The van der Waals surface area contributed by atoms with Gasteiger partial charge < -0.3 is 5.32 Å². The molecule has 1 aromatic heterocycles. The van der Waals surface area contributed by atoms with Gasteiger partial charge in [-0.2, -0.15) is 5.26 Å². The topological polar surface area (TPSA) is 48.7 Å². The number of rotatable bonds is 2. The third kappa shape index (κ3) is 2.40. The van der Waals surface area contributed by atoms with E-state index < -0.39 is 0 Å². The van der Waals surface area contributed by atoms with Crippen molar-refractivity contribution in [3.8, 4) is 6.07 Å². The predicted octanol–water partition coefficient (Wildman–Crippen LogP) is 2.96. The van der Waals surface area contributed by atoms with Crippen LogP contribution in [-0.2, 0) is 0 Å². The monoisotopic (exact) mass is 221 g/mol. The van der Waals surface area contributed by atoms with E-state index in [1.165, 1.54) is 31.9 Å². The smallest absolute Gasteiger partial charge is 0.131 e. The van der Waals surface area contributed by atoms with Crippen molar-refractivity contribution < 1.29 is 0 Å². The number of nitrogens with one attached hydrogen (secondary N) is 1. The van der Waals surface area contributed by atoms with E-state index in [0.29, 0.717) is 16.8 Å². The second kappa shape index (κ2) is 4.50. The quantitative estimate of drug-likeness (QED) is 0.782. The fourth-order valence-corrected chi connectivity index (χ4v) is 2.09. The maximum absolute atomic E-state index is 8.91. The normalized spacial score (nSPS) is 16.3. The van der Waals surface area contributed by atoms with E-state index in [1.807, 2.05) is 0 Å². The first-order chi connectivity index (χ1) is 7.29. The molecule has 0 aromatic carbocycles. The van der Waals surface area contributed by atoms with Gasteiger partial charge in [0, 0.05) is 12.2 Å². The SMILES string of the molecule is N#Cc1cnc(Cl)cc1NC1CCCC1. The van der Waals surface area contributed by atoms with Gasteiger partial charge in [-0.05, 0) is 18.9 Å². The minimum atomic E-state index is 0.425. The van der Waals surface area contributed by atoms with Crippen molar-refractivity contribution >= 4 is 17.3 Å². The molecule has 0 spiro atoms. The first-order valence-corrected chi connectivity index (χ1v) is 5.49. The van der Waals surface area contributed by atoms with E-state index >= 15 is 0 Å². The summed E-state index contributed by atoms with van der Waals surface area (Å²) in [6.45, 7) is 0. The Morgan fingerprint density at radius 1 is 1.47 bits per heavy atom. The highest BCUT2D eigenvalue weighted by Gasteiger charge is 2.16. The largest absolute Gasteiger partial charge is 0.381 e. The average molecular weight is 222 g/mol. The summed E-state index contributed by atoms with van der Waals surface area (Å²) in [5, 5.41) is 12.7. The zero-order chi connectivity index (χ0) is 10.7. The number of hydrogen-bond acceptors (Lipinski definition) is 3. The third-order valence-electron chi connectivity index (χ3n) is 2.71. The Labute approximate surface area is 94.1 Å². The molecule has 15 heavy (non-hydrogen) atoms. The number of nitrogens with zero attached hydrogens (tertiary/aromatic N) is 2. The lowest BCUT2D eigenvalue weighted by molar-refractivity contribution is 0.755. The summed E-state index contributed by atoms with van der Waals surface area (Å²) in [6, 6.07) is 4.32. The Balaban J connectivity index is 2.18. The molecular weight excluding hydrogens is 210 g/mol. The molecule has 1 aromatic rings. The van der Waals surface area contributed by atoms with E-state index in [4.69, 9.17) is 16.9 Å². The van der Waals surface area contributed by atoms with E-state index in [2.05, 4.69) is 16.4 Å². The summed E-state index contributed by atoms with van der Waals surface area (Å²) in [6.07, 6.45) is 6.38. The molecule has 4 heteroatoms. The van der Waals surface area contributed by atoms with Crippen LogP contribution in [0.15, 0.2) is 12.3 Å². The highest BCUT2D eigenvalue weighted by molar-refractivity contribution is 6.29. The lowest BCUT2D eigenvalue weighted by atomic mass is 10.2. The van der Waals surface area contributed by atoms with Gasteiger partial charge in [0.05, 0.1) is 11.3 Å². The summed E-state index contributed by atoms with van der Waals surface area (Å²) in [7, 11) is 0. The number of pyridine rings is 1. The number of aromatic nitrogens is 1. The van der Waals surface area contributed by atoms with Crippen LogP contribution in [0.25, 0.3) is 0 Å². The van der Waals surface area contributed by atoms with Crippen molar-refractivity contribution in [2.45, 2.75) is 31.7 Å². The van der Waals surface area contributed by atoms with Crippen LogP contribution in [0.4, 0.5) is 5.69 Å². The van der Waals surface area contributed by atoms with E-state index in [1.54, 1.807) is 6.07 Å². The standard InChI is InChI=1S/C11H12ClN3/c12-11-5-10(8(6-13)7-14-11)15-9-3-1-2-4-9/h5,7,9H,1-4H2,(H,14,15). The van der Waals surface area contributed by atoms with Crippen LogP contribution in [0, 0.1) is 11.3 Å². The van der Waals surface area contributed by atoms with Gasteiger partial charge in [-0.3, -0.25) is 0 Å². The van der Waals surface area contributed by atoms with Crippen LogP contribution < -0.4 is 5.32 Å². The van der Waals surface area contributed by atoms with Crippen LogP contribution in [0.2, 0.25) is 5.15 Å². The van der Waals surface area contributed by atoms with Gasteiger partial charge in [0.15, 0.2) is 0 Å². The maximum Gasteiger partial charge on any atom is 0.131 e. The molecule has 2 rings (SSSR count). The molecule has 0 amide bonds. The van der Waals surface area contributed by atoms with Crippen molar-refractivity contribution in [2.75, 3.05) is 5.32 Å². The molecule has 0 bridgehead atoms. The van der Waals surface area contributed by atoms with Crippen molar-refractivity contribution in [1.29, 1.82) is 5.26 Å². The van der Waals surface area contributed by atoms with Crippen molar-refractivity contribution in [2.24, 2.45) is 0 Å². The van der Waals surface area contributed by atoms with Gasteiger partial charge in [-0.25, -0.2) is 4.98 Å². The van der Waals surface area contributed by atoms with Crippen LogP contribution in [0.5, 0.6) is 0 Å². The molecule has 0 saturated heterocycles. The molecular formula is C11H12ClN3. The second-order valence-electron chi connectivity index (χ2n) is 3.79. The van der Waals surface area contributed by atoms with Gasteiger partial charge in [-0.15, -0.1) is 0 Å². The van der Waals surface area contributed by atoms with Crippen molar-refractivity contribution in [3.05, 3.63) is 23.0 Å². The van der Waals surface area contributed by atoms with Crippen LogP contribution in [0.3, 0.4) is 0 Å². The minimum Gasteiger partial charge on any atom is -0.381 e. The number of hydrogen-bond donors (Lipinski definition) is 1. The number of halogens is 1. The van der Waals surface area contributed by atoms with Crippen LogP contribution in [-0.4, -0.2) is 11.0 Å². The molecule has 0 unspecified atom stereocenters. The first kappa shape index (κ1) is 10.3. The molecule has 1 N–H and O–H groups in total. The van der Waals surface area contributed by atoms with Crippen molar-refractivity contribution in [3.63, 3.8) is 0 Å². The van der Waals surface area contributed by atoms with Gasteiger partial charge in [0.2, 0.25) is 0 Å². The molecule has 1 heterocycles. The summed E-state index contributed by atoms with van der Waals surface area (Å²) in [5.74, 6) is 0. The Bertz CT molecular complexity index is 391. The first-order valence-electron chi connectivity index (χ1n) is 5.12. The fraction of sp³-hybridized carbons (Fsp3) is 0.455. The molecule has 0 atom stereocenters. The molecule has 1 saturated carbocycles. The van der Waals surface area contributed by atoms with E-state index in [9.17, 15) is 0 Å². The molecule has 1 fully saturated rings. The molecule has 1 aliphatic rings. The highest BCUT2D eigenvalue weighted by Crippen LogP contribution is 2.25. The average Bonchev–Trinajstić information content (AvgIpc) is 2.71.